The molecule has 0 saturated carbocycles. The average molecular weight is 224 g/mol. The average Bonchev–Trinajstić information content (AvgIpc) is 2.55. The van der Waals surface area contributed by atoms with E-state index in [2.05, 4.69) is 0 Å². The Labute approximate surface area is 94.3 Å². The van der Waals surface area contributed by atoms with E-state index in [1.165, 1.54) is 0 Å². The fourth-order valence-corrected chi connectivity index (χ4v) is 1.55. The van der Waals surface area contributed by atoms with Crippen LogP contribution in [0.25, 0.3) is 0 Å². The molecule has 4 heteroatoms. The van der Waals surface area contributed by atoms with Gasteiger partial charge in [-0.1, -0.05) is 20.8 Å². The van der Waals surface area contributed by atoms with Gasteiger partial charge in [-0.05, 0) is 13.3 Å². The number of carbonyl (C=O) groups excluding carboxylic acids is 1. The lowest BCUT2D eigenvalue weighted by Crippen LogP contribution is -2.18. The Morgan fingerprint density at radius 2 is 2.06 bits per heavy atom. The lowest BCUT2D eigenvalue weighted by Gasteiger charge is -2.20. The zero-order valence-electron chi connectivity index (χ0n) is 9.96. The van der Waals surface area contributed by atoms with Crippen LogP contribution in [0, 0.1) is 6.92 Å². The number of aromatic carboxylic acids is 1. The van der Waals surface area contributed by atoms with Gasteiger partial charge in [0.15, 0.2) is 6.29 Å². The zero-order valence-corrected chi connectivity index (χ0v) is 9.96. The smallest absolute Gasteiger partial charge is 0.340 e. The number of carbonyl (C=O) groups is 2. The summed E-state index contributed by atoms with van der Waals surface area (Å²) in [5, 5.41) is 9.13. The van der Waals surface area contributed by atoms with Crippen molar-refractivity contribution in [3.63, 3.8) is 0 Å². The van der Waals surface area contributed by atoms with Gasteiger partial charge in [0.2, 0.25) is 0 Å². The molecule has 0 fully saturated rings. The molecule has 0 unspecified atom stereocenters. The second-order valence-electron chi connectivity index (χ2n) is 4.44. The topological polar surface area (TPSA) is 67.5 Å². The van der Waals surface area contributed by atoms with E-state index >= 15 is 0 Å². The van der Waals surface area contributed by atoms with E-state index in [1.54, 1.807) is 6.92 Å². The minimum Gasteiger partial charge on any atom is -0.478 e. The molecule has 0 aliphatic heterocycles. The summed E-state index contributed by atoms with van der Waals surface area (Å²) in [4.78, 5) is 22.0. The molecular weight excluding hydrogens is 208 g/mol. The van der Waals surface area contributed by atoms with Crippen molar-refractivity contribution >= 4 is 12.3 Å². The summed E-state index contributed by atoms with van der Waals surface area (Å²) in [5.74, 6) is -0.374. The van der Waals surface area contributed by atoms with Crippen LogP contribution in [0.4, 0.5) is 0 Å². The maximum atomic E-state index is 11.2. The van der Waals surface area contributed by atoms with E-state index in [0.29, 0.717) is 17.8 Å². The van der Waals surface area contributed by atoms with Gasteiger partial charge < -0.3 is 9.52 Å². The van der Waals surface area contributed by atoms with E-state index in [4.69, 9.17) is 9.52 Å². The fraction of sp³-hybridized carbons (Fsp3) is 0.500. The van der Waals surface area contributed by atoms with Crippen LogP contribution in [0.15, 0.2) is 4.42 Å². The van der Waals surface area contributed by atoms with E-state index in [1.807, 2.05) is 20.8 Å². The Bertz CT molecular complexity index is 426. The number of hydrogen-bond acceptors (Lipinski definition) is 3. The molecule has 0 radical (unpaired) electrons. The minimum atomic E-state index is -1.12. The first-order valence-electron chi connectivity index (χ1n) is 5.17. The highest BCUT2D eigenvalue weighted by atomic mass is 16.4. The summed E-state index contributed by atoms with van der Waals surface area (Å²) in [5.41, 5.74) is -0.247. The predicted molar refractivity (Wildman–Crippen MR) is 59.1 cm³/mol. The lowest BCUT2D eigenvalue weighted by atomic mass is 9.84. The van der Waals surface area contributed by atoms with Gasteiger partial charge in [-0.15, -0.1) is 0 Å². The summed E-state index contributed by atoms with van der Waals surface area (Å²) in [7, 11) is 0. The van der Waals surface area contributed by atoms with Crippen molar-refractivity contribution in [3.8, 4) is 0 Å². The van der Waals surface area contributed by atoms with Gasteiger partial charge >= 0.3 is 5.97 Å². The molecule has 4 nitrogen and oxygen atoms in total. The Kier molecular flexibility index (Phi) is 3.21. The highest BCUT2D eigenvalue weighted by Crippen LogP contribution is 2.34. The predicted octanol–water partition coefficient (Wildman–Crippen LogP) is 2.79. The number of hydrogen-bond donors (Lipinski definition) is 1. The number of carboxylic acid groups (broad SMARTS) is 1. The van der Waals surface area contributed by atoms with Crippen molar-refractivity contribution < 1.29 is 19.1 Å². The van der Waals surface area contributed by atoms with E-state index in [0.717, 1.165) is 6.42 Å². The Hall–Kier alpha value is -1.58. The summed E-state index contributed by atoms with van der Waals surface area (Å²) < 4.78 is 5.44. The largest absolute Gasteiger partial charge is 0.478 e. The molecule has 0 saturated heterocycles. The number of furan rings is 1. The molecule has 0 aliphatic rings. The highest BCUT2D eigenvalue weighted by Gasteiger charge is 2.32. The number of aryl methyl sites for hydroxylation is 1. The van der Waals surface area contributed by atoms with Crippen LogP contribution in [0.1, 0.15) is 59.4 Å². The van der Waals surface area contributed by atoms with Gasteiger partial charge in [0.05, 0.1) is 5.56 Å². The van der Waals surface area contributed by atoms with Crippen molar-refractivity contribution in [2.45, 2.75) is 39.5 Å². The maximum Gasteiger partial charge on any atom is 0.340 e. The van der Waals surface area contributed by atoms with Gasteiger partial charge in [0.1, 0.15) is 17.1 Å². The SMILES string of the molecule is CCC(C)(C)c1oc(C)c(C=O)c1C(=O)O. The summed E-state index contributed by atoms with van der Waals surface area (Å²) in [6.07, 6.45) is 1.27. The van der Waals surface area contributed by atoms with Crippen LogP contribution < -0.4 is 0 Å². The van der Waals surface area contributed by atoms with Crippen LogP contribution in [0.2, 0.25) is 0 Å². The molecule has 0 bridgehead atoms. The lowest BCUT2D eigenvalue weighted by molar-refractivity contribution is 0.0689. The Morgan fingerprint density at radius 3 is 2.44 bits per heavy atom. The third kappa shape index (κ3) is 1.87. The normalized spacial score (nSPS) is 11.5. The van der Waals surface area contributed by atoms with Gasteiger partial charge in [-0.3, -0.25) is 4.79 Å². The maximum absolute atomic E-state index is 11.2. The minimum absolute atomic E-state index is 0.000602. The molecule has 1 aromatic rings. The molecule has 0 amide bonds. The first kappa shape index (κ1) is 12.5. The summed E-state index contributed by atoms with van der Waals surface area (Å²) in [6, 6.07) is 0. The van der Waals surface area contributed by atoms with Crippen molar-refractivity contribution in [2.24, 2.45) is 0 Å². The van der Waals surface area contributed by atoms with Crippen LogP contribution in [-0.4, -0.2) is 17.4 Å². The molecule has 1 rings (SSSR count). The van der Waals surface area contributed by atoms with Crippen LogP contribution in [-0.2, 0) is 5.41 Å². The van der Waals surface area contributed by atoms with E-state index in [-0.39, 0.29) is 16.5 Å². The summed E-state index contributed by atoms with van der Waals surface area (Å²) in [6.45, 7) is 7.34. The molecule has 0 aromatic carbocycles. The molecule has 16 heavy (non-hydrogen) atoms. The van der Waals surface area contributed by atoms with Crippen molar-refractivity contribution in [1.82, 2.24) is 0 Å². The monoisotopic (exact) mass is 224 g/mol. The van der Waals surface area contributed by atoms with Crippen molar-refractivity contribution in [2.75, 3.05) is 0 Å². The van der Waals surface area contributed by atoms with E-state index in [9.17, 15) is 9.59 Å². The number of aldehydes is 1. The molecule has 1 aromatic heterocycles. The first-order valence-corrected chi connectivity index (χ1v) is 5.17. The third-order valence-corrected chi connectivity index (χ3v) is 2.96. The molecule has 1 N–H and O–H groups in total. The van der Waals surface area contributed by atoms with Gasteiger partial charge in [-0.25, -0.2) is 4.79 Å². The quantitative estimate of drug-likeness (QED) is 0.798. The molecule has 0 atom stereocenters. The van der Waals surface area contributed by atoms with Crippen LogP contribution in [0.5, 0.6) is 0 Å². The molecule has 0 aliphatic carbocycles. The zero-order chi connectivity index (χ0) is 12.5. The van der Waals surface area contributed by atoms with Crippen LogP contribution in [0.3, 0.4) is 0 Å². The molecule has 1 heterocycles. The summed E-state index contributed by atoms with van der Waals surface area (Å²) >= 11 is 0. The third-order valence-electron chi connectivity index (χ3n) is 2.96. The molecular formula is C12H16O4. The highest BCUT2D eigenvalue weighted by molar-refractivity contribution is 5.99. The van der Waals surface area contributed by atoms with Crippen LogP contribution >= 0.6 is 0 Å². The fourth-order valence-electron chi connectivity index (χ4n) is 1.55. The van der Waals surface area contributed by atoms with Crippen molar-refractivity contribution in [3.05, 3.63) is 22.6 Å². The first-order chi connectivity index (χ1) is 7.35. The van der Waals surface area contributed by atoms with Gasteiger partial charge in [0.25, 0.3) is 0 Å². The van der Waals surface area contributed by atoms with Gasteiger partial charge in [-0.2, -0.15) is 0 Å². The second-order valence-corrected chi connectivity index (χ2v) is 4.44. The second kappa shape index (κ2) is 4.12. The Balaban J connectivity index is 3.52. The van der Waals surface area contributed by atoms with Crippen molar-refractivity contribution in [1.29, 1.82) is 0 Å². The number of carboxylic acids is 1. The molecule has 88 valence electrons. The van der Waals surface area contributed by atoms with Gasteiger partial charge in [0, 0.05) is 5.41 Å². The molecule has 0 spiro atoms. The Morgan fingerprint density at radius 1 is 1.50 bits per heavy atom. The number of rotatable bonds is 4. The van der Waals surface area contributed by atoms with E-state index < -0.39 is 5.97 Å². The standard InChI is InChI=1S/C12H16O4/c1-5-12(3,4)10-9(11(14)15)8(6-13)7(2)16-10/h6H,5H2,1-4H3,(H,14,15).